The number of nitrogens with one attached hydrogen (secondary N) is 1. The lowest BCUT2D eigenvalue weighted by Crippen LogP contribution is -2.31. The quantitative estimate of drug-likeness (QED) is 0.607. The average molecular weight is 416 g/mol. The zero-order valence-electron chi connectivity index (χ0n) is 16.8. The number of thioether (sulfide) groups is 1. The minimum Gasteiger partial charge on any atom is -0.468 e. The van der Waals surface area contributed by atoms with Crippen molar-refractivity contribution in [2.75, 3.05) is 25.4 Å². The average Bonchev–Trinajstić information content (AvgIpc) is 3.25. The highest BCUT2D eigenvalue weighted by molar-refractivity contribution is 7.99. The monoisotopic (exact) mass is 415 g/mol. The number of Topliss-reactive ketones (excluding diaryl/α,β-unsaturated/α-hetero) is 1. The van der Waals surface area contributed by atoms with Gasteiger partial charge in [-0.25, -0.2) is 0 Å². The van der Waals surface area contributed by atoms with E-state index in [-0.39, 0.29) is 18.2 Å². The minimum absolute atomic E-state index is 0.0256. The molecule has 2 aromatic heterocycles. The molecular weight excluding hydrogens is 386 g/mol. The van der Waals surface area contributed by atoms with Gasteiger partial charge >= 0.3 is 0 Å². The Morgan fingerprint density at radius 2 is 2.07 bits per heavy atom. The lowest BCUT2D eigenvalue weighted by Gasteiger charge is -2.26. The standard InChI is InChI=1S/C22H29N3O3S/c26-20(14-24-22(27)17-29-16-21-5-4-12-28-21)7-6-19-13-18(8-9-23-19)15-25-10-2-1-3-11-25/h4-5,8-9,12-13H,1-3,6-7,10-11,14-17H2,(H,24,27). The number of ketones is 1. The molecule has 6 nitrogen and oxygen atoms in total. The molecule has 1 fully saturated rings. The predicted octanol–water partition coefficient (Wildman–Crippen LogP) is 3.21. The number of rotatable bonds is 11. The molecule has 0 aromatic carbocycles. The summed E-state index contributed by atoms with van der Waals surface area (Å²) in [5.41, 5.74) is 2.19. The third kappa shape index (κ3) is 8.03. The van der Waals surface area contributed by atoms with Crippen LogP contribution < -0.4 is 5.32 Å². The number of nitrogens with zero attached hydrogens (tertiary/aromatic N) is 2. The minimum atomic E-state index is -0.128. The van der Waals surface area contributed by atoms with E-state index in [0.717, 1.165) is 31.1 Å². The highest BCUT2D eigenvalue weighted by Crippen LogP contribution is 2.14. The summed E-state index contributed by atoms with van der Waals surface area (Å²) >= 11 is 1.47. The van der Waals surface area contributed by atoms with Crippen LogP contribution >= 0.6 is 11.8 Å². The van der Waals surface area contributed by atoms with Crippen LogP contribution in [0.25, 0.3) is 0 Å². The third-order valence-corrected chi connectivity index (χ3v) is 5.89. The van der Waals surface area contributed by atoms with E-state index in [0.29, 0.717) is 24.3 Å². The number of likely N-dealkylation sites (tertiary alicyclic amines) is 1. The zero-order chi connectivity index (χ0) is 20.3. The van der Waals surface area contributed by atoms with E-state index in [2.05, 4.69) is 27.3 Å². The molecule has 1 N–H and O–H groups in total. The van der Waals surface area contributed by atoms with Crippen LogP contribution in [0, 0.1) is 0 Å². The fourth-order valence-corrected chi connectivity index (χ4v) is 4.14. The number of aromatic nitrogens is 1. The van der Waals surface area contributed by atoms with Crippen LogP contribution in [0.2, 0.25) is 0 Å². The van der Waals surface area contributed by atoms with Gasteiger partial charge in [0, 0.05) is 24.9 Å². The summed E-state index contributed by atoms with van der Waals surface area (Å²) in [7, 11) is 0. The molecule has 0 unspecified atom stereocenters. The Kier molecular flexibility index (Phi) is 8.77. The Hall–Kier alpha value is -2.12. The van der Waals surface area contributed by atoms with Gasteiger partial charge < -0.3 is 9.73 Å². The fourth-order valence-electron chi connectivity index (χ4n) is 3.38. The number of aryl methyl sites for hydroxylation is 1. The van der Waals surface area contributed by atoms with Crippen molar-refractivity contribution in [3.05, 3.63) is 53.7 Å². The Bertz CT molecular complexity index is 773. The lowest BCUT2D eigenvalue weighted by atomic mass is 10.1. The summed E-state index contributed by atoms with van der Waals surface area (Å²) in [6.45, 7) is 3.36. The van der Waals surface area contributed by atoms with Gasteiger partial charge in [0.15, 0.2) is 5.78 Å². The van der Waals surface area contributed by atoms with E-state index in [4.69, 9.17) is 4.42 Å². The number of piperidine rings is 1. The molecule has 3 rings (SSSR count). The molecule has 1 aliphatic rings. The van der Waals surface area contributed by atoms with Crippen LogP contribution in [0.4, 0.5) is 0 Å². The molecule has 0 spiro atoms. The van der Waals surface area contributed by atoms with E-state index in [1.54, 1.807) is 6.26 Å². The number of hydrogen-bond donors (Lipinski definition) is 1. The summed E-state index contributed by atoms with van der Waals surface area (Å²) in [5, 5.41) is 2.70. The maximum Gasteiger partial charge on any atom is 0.230 e. The predicted molar refractivity (Wildman–Crippen MR) is 115 cm³/mol. The molecule has 0 bridgehead atoms. The first kappa shape index (κ1) is 21.6. The first-order valence-corrected chi connectivity index (χ1v) is 11.4. The number of pyridine rings is 1. The van der Waals surface area contributed by atoms with Crippen molar-refractivity contribution in [3.8, 4) is 0 Å². The molecule has 156 valence electrons. The van der Waals surface area contributed by atoms with Crippen molar-refractivity contribution >= 4 is 23.5 Å². The van der Waals surface area contributed by atoms with Crippen LogP contribution in [-0.4, -0.2) is 47.0 Å². The van der Waals surface area contributed by atoms with Gasteiger partial charge in [-0.05, 0) is 62.2 Å². The van der Waals surface area contributed by atoms with E-state index < -0.39 is 0 Å². The number of amides is 1. The zero-order valence-corrected chi connectivity index (χ0v) is 17.6. The number of carbonyl (C=O) groups excluding carboxylic acids is 2. The maximum absolute atomic E-state index is 12.1. The first-order valence-electron chi connectivity index (χ1n) is 10.2. The maximum atomic E-state index is 12.1. The number of furan rings is 1. The van der Waals surface area contributed by atoms with Crippen molar-refractivity contribution in [2.24, 2.45) is 0 Å². The van der Waals surface area contributed by atoms with Crippen molar-refractivity contribution < 1.29 is 14.0 Å². The molecule has 0 aliphatic carbocycles. The second-order valence-electron chi connectivity index (χ2n) is 7.38. The highest BCUT2D eigenvalue weighted by Gasteiger charge is 2.11. The van der Waals surface area contributed by atoms with Crippen molar-refractivity contribution in [1.82, 2.24) is 15.2 Å². The molecule has 1 amide bonds. The summed E-state index contributed by atoms with van der Waals surface area (Å²) in [4.78, 5) is 30.8. The van der Waals surface area contributed by atoms with Gasteiger partial charge in [0.05, 0.1) is 24.3 Å². The summed E-state index contributed by atoms with van der Waals surface area (Å²) < 4.78 is 5.22. The molecule has 0 saturated carbocycles. The molecule has 0 radical (unpaired) electrons. The normalized spacial score (nSPS) is 14.6. The van der Waals surface area contributed by atoms with Crippen LogP contribution in [0.15, 0.2) is 41.1 Å². The molecule has 29 heavy (non-hydrogen) atoms. The Morgan fingerprint density at radius 3 is 2.86 bits per heavy atom. The second kappa shape index (κ2) is 11.8. The van der Waals surface area contributed by atoms with Gasteiger partial charge in [0.25, 0.3) is 0 Å². The third-order valence-electron chi connectivity index (χ3n) is 4.94. The number of hydrogen-bond acceptors (Lipinski definition) is 6. The summed E-state index contributed by atoms with van der Waals surface area (Å²) in [6.07, 6.45) is 8.33. The van der Waals surface area contributed by atoms with E-state index in [1.807, 2.05) is 18.3 Å². The van der Waals surface area contributed by atoms with E-state index in [1.165, 1.54) is 36.6 Å². The highest BCUT2D eigenvalue weighted by atomic mass is 32.2. The van der Waals surface area contributed by atoms with E-state index in [9.17, 15) is 9.59 Å². The SMILES string of the molecule is O=C(CCc1cc(CN2CCCCC2)ccn1)CNC(=O)CSCc1ccco1. The number of carbonyl (C=O) groups is 2. The Labute approximate surface area is 176 Å². The van der Waals surface area contributed by atoms with Crippen LogP contribution in [0.1, 0.15) is 42.7 Å². The van der Waals surface area contributed by atoms with Crippen molar-refractivity contribution in [2.45, 2.75) is 44.4 Å². The van der Waals surface area contributed by atoms with E-state index >= 15 is 0 Å². The van der Waals surface area contributed by atoms with Gasteiger partial charge in [0.2, 0.25) is 5.91 Å². The molecule has 0 atom stereocenters. The van der Waals surface area contributed by atoms with Crippen LogP contribution in [-0.2, 0) is 28.3 Å². The summed E-state index contributed by atoms with van der Waals surface area (Å²) in [5.74, 6) is 1.70. The van der Waals surface area contributed by atoms with Crippen molar-refractivity contribution in [1.29, 1.82) is 0 Å². The van der Waals surface area contributed by atoms with Gasteiger partial charge in [-0.3, -0.25) is 19.5 Å². The Balaban J connectivity index is 1.32. The van der Waals surface area contributed by atoms with Crippen LogP contribution in [0.5, 0.6) is 0 Å². The van der Waals surface area contributed by atoms with Crippen molar-refractivity contribution in [3.63, 3.8) is 0 Å². The molecule has 2 aromatic rings. The Morgan fingerprint density at radius 1 is 1.21 bits per heavy atom. The van der Waals surface area contributed by atoms with Gasteiger partial charge in [0.1, 0.15) is 5.76 Å². The van der Waals surface area contributed by atoms with Gasteiger partial charge in [-0.15, -0.1) is 11.8 Å². The molecule has 1 aliphatic heterocycles. The summed E-state index contributed by atoms with van der Waals surface area (Å²) in [6, 6.07) is 7.86. The first-order chi connectivity index (χ1) is 14.2. The van der Waals surface area contributed by atoms with Gasteiger partial charge in [-0.2, -0.15) is 0 Å². The fraction of sp³-hybridized carbons (Fsp3) is 0.500. The molecule has 3 heterocycles. The second-order valence-corrected chi connectivity index (χ2v) is 8.37. The molecule has 7 heteroatoms. The largest absolute Gasteiger partial charge is 0.468 e. The van der Waals surface area contributed by atoms with Crippen LogP contribution in [0.3, 0.4) is 0 Å². The topological polar surface area (TPSA) is 75.4 Å². The van der Waals surface area contributed by atoms with Gasteiger partial charge in [-0.1, -0.05) is 6.42 Å². The molecular formula is C22H29N3O3S. The lowest BCUT2D eigenvalue weighted by molar-refractivity contribution is -0.123. The smallest absolute Gasteiger partial charge is 0.230 e. The molecule has 1 saturated heterocycles.